The Kier molecular flexibility index (Phi) is 5.18. The SMILES string of the molecule is CSC1(CN2CCCC(NC(C)C)C2=O)CCCC1. The number of rotatable bonds is 5. The Morgan fingerprint density at radius 1 is 1.37 bits per heavy atom. The van der Waals surface area contributed by atoms with Crippen LogP contribution in [0.25, 0.3) is 0 Å². The van der Waals surface area contributed by atoms with Crippen LogP contribution in [0.4, 0.5) is 0 Å². The lowest BCUT2D eigenvalue weighted by Gasteiger charge is -2.39. The lowest BCUT2D eigenvalue weighted by molar-refractivity contribution is -0.136. The molecule has 1 aliphatic heterocycles. The summed E-state index contributed by atoms with van der Waals surface area (Å²) in [6.07, 6.45) is 9.57. The molecular formula is C15H28N2OS. The first kappa shape index (κ1) is 15.2. The van der Waals surface area contributed by atoms with Crippen molar-refractivity contribution >= 4 is 17.7 Å². The van der Waals surface area contributed by atoms with Crippen molar-refractivity contribution in [1.82, 2.24) is 10.2 Å². The first-order valence-electron chi connectivity index (χ1n) is 7.66. The highest BCUT2D eigenvalue weighted by molar-refractivity contribution is 8.00. The summed E-state index contributed by atoms with van der Waals surface area (Å²) in [6, 6.07) is 0.434. The lowest BCUT2D eigenvalue weighted by atomic mass is 10.0. The van der Waals surface area contributed by atoms with Gasteiger partial charge in [-0.25, -0.2) is 0 Å². The van der Waals surface area contributed by atoms with Crippen molar-refractivity contribution in [1.29, 1.82) is 0 Å². The fourth-order valence-corrected chi connectivity index (χ4v) is 4.43. The molecule has 3 nitrogen and oxygen atoms in total. The van der Waals surface area contributed by atoms with Crippen LogP contribution in [0.5, 0.6) is 0 Å². The molecule has 4 heteroatoms. The largest absolute Gasteiger partial charge is 0.340 e. The third-order valence-corrected chi connectivity index (χ3v) is 5.90. The highest BCUT2D eigenvalue weighted by Gasteiger charge is 2.38. The van der Waals surface area contributed by atoms with E-state index in [2.05, 4.69) is 30.3 Å². The molecular weight excluding hydrogens is 256 g/mol. The van der Waals surface area contributed by atoms with Crippen LogP contribution in [-0.2, 0) is 4.79 Å². The van der Waals surface area contributed by atoms with Crippen molar-refractivity contribution < 1.29 is 4.79 Å². The highest BCUT2D eigenvalue weighted by atomic mass is 32.2. The minimum absolute atomic E-state index is 0.0501. The first-order chi connectivity index (χ1) is 9.06. The number of carbonyl (C=O) groups is 1. The van der Waals surface area contributed by atoms with Crippen LogP contribution < -0.4 is 5.32 Å². The van der Waals surface area contributed by atoms with E-state index in [1.807, 2.05) is 11.8 Å². The lowest BCUT2D eigenvalue weighted by Crippen LogP contribution is -2.55. The van der Waals surface area contributed by atoms with Gasteiger partial charge in [0, 0.05) is 23.9 Å². The Morgan fingerprint density at radius 2 is 2.05 bits per heavy atom. The summed E-state index contributed by atoms with van der Waals surface area (Å²) in [6.45, 7) is 6.15. The average Bonchev–Trinajstić information content (AvgIpc) is 2.83. The van der Waals surface area contributed by atoms with E-state index in [0.29, 0.717) is 16.7 Å². The van der Waals surface area contributed by atoms with E-state index in [1.165, 1.54) is 25.7 Å². The molecule has 110 valence electrons. The zero-order chi connectivity index (χ0) is 13.9. The van der Waals surface area contributed by atoms with Gasteiger partial charge in [0.15, 0.2) is 0 Å². The molecule has 0 bridgehead atoms. The number of nitrogens with one attached hydrogen (secondary N) is 1. The molecule has 1 N–H and O–H groups in total. The monoisotopic (exact) mass is 284 g/mol. The Hall–Kier alpha value is -0.220. The van der Waals surface area contributed by atoms with Gasteiger partial charge < -0.3 is 10.2 Å². The normalized spacial score (nSPS) is 27.3. The van der Waals surface area contributed by atoms with Crippen molar-refractivity contribution in [2.75, 3.05) is 19.3 Å². The molecule has 1 saturated carbocycles. The fourth-order valence-electron chi connectivity index (χ4n) is 3.45. The molecule has 0 aromatic heterocycles. The molecule has 2 aliphatic rings. The summed E-state index contributed by atoms with van der Waals surface area (Å²) in [5.74, 6) is 0.334. The number of thioether (sulfide) groups is 1. The van der Waals surface area contributed by atoms with Crippen LogP contribution in [0.2, 0.25) is 0 Å². The number of nitrogens with zero attached hydrogens (tertiary/aromatic N) is 1. The molecule has 1 amide bonds. The molecule has 2 rings (SSSR count). The van der Waals surface area contributed by atoms with Gasteiger partial charge in [-0.05, 0) is 31.9 Å². The van der Waals surface area contributed by atoms with Gasteiger partial charge in [-0.2, -0.15) is 11.8 Å². The van der Waals surface area contributed by atoms with Gasteiger partial charge in [0.2, 0.25) is 5.91 Å². The van der Waals surface area contributed by atoms with Gasteiger partial charge in [0.25, 0.3) is 0 Å². The molecule has 1 atom stereocenters. The molecule has 0 aromatic rings. The molecule has 1 saturated heterocycles. The Morgan fingerprint density at radius 3 is 2.63 bits per heavy atom. The van der Waals surface area contributed by atoms with E-state index in [1.54, 1.807) is 0 Å². The minimum atomic E-state index is 0.0501. The average molecular weight is 284 g/mol. The summed E-state index contributed by atoms with van der Waals surface area (Å²) in [5.41, 5.74) is 0. The van der Waals surface area contributed by atoms with Gasteiger partial charge in [-0.3, -0.25) is 4.79 Å². The van der Waals surface area contributed by atoms with E-state index in [9.17, 15) is 4.79 Å². The van der Waals surface area contributed by atoms with Crippen LogP contribution >= 0.6 is 11.8 Å². The number of carbonyl (C=O) groups excluding carboxylic acids is 1. The maximum Gasteiger partial charge on any atom is 0.239 e. The summed E-state index contributed by atoms with van der Waals surface area (Å²) in [4.78, 5) is 14.7. The van der Waals surface area contributed by atoms with Crippen molar-refractivity contribution in [3.8, 4) is 0 Å². The Balaban J connectivity index is 1.97. The van der Waals surface area contributed by atoms with E-state index in [0.717, 1.165) is 25.9 Å². The van der Waals surface area contributed by atoms with Gasteiger partial charge in [-0.1, -0.05) is 26.7 Å². The van der Waals surface area contributed by atoms with Crippen molar-refractivity contribution in [2.24, 2.45) is 0 Å². The molecule has 1 heterocycles. The maximum absolute atomic E-state index is 12.6. The van der Waals surface area contributed by atoms with E-state index < -0.39 is 0 Å². The van der Waals surface area contributed by atoms with Crippen LogP contribution in [0.15, 0.2) is 0 Å². The van der Waals surface area contributed by atoms with E-state index in [4.69, 9.17) is 0 Å². The Bertz CT molecular complexity index is 313. The van der Waals surface area contributed by atoms with Gasteiger partial charge in [-0.15, -0.1) is 0 Å². The van der Waals surface area contributed by atoms with Gasteiger partial charge in [0.1, 0.15) is 0 Å². The van der Waals surface area contributed by atoms with Crippen molar-refractivity contribution in [3.05, 3.63) is 0 Å². The predicted molar refractivity (Wildman–Crippen MR) is 82.6 cm³/mol. The molecule has 0 radical (unpaired) electrons. The van der Waals surface area contributed by atoms with Gasteiger partial charge in [0.05, 0.1) is 6.04 Å². The highest BCUT2D eigenvalue weighted by Crippen LogP contribution is 2.41. The molecule has 0 spiro atoms. The fraction of sp³-hybridized carbons (Fsp3) is 0.933. The van der Waals surface area contributed by atoms with Crippen LogP contribution in [0.3, 0.4) is 0 Å². The van der Waals surface area contributed by atoms with E-state index >= 15 is 0 Å². The number of amides is 1. The van der Waals surface area contributed by atoms with Gasteiger partial charge >= 0.3 is 0 Å². The third-order valence-electron chi connectivity index (χ3n) is 4.49. The third kappa shape index (κ3) is 3.66. The quantitative estimate of drug-likeness (QED) is 0.842. The number of piperidine rings is 1. The van der Waals surface area contributed by atoms with E-state index in [-0.39, 0.29) is 6.04 Å². The summed E-state index contributed by atoms with van der Waals surface area (Å²) in [7, 11) is 0. The van der Waals surface area contributed by atoms with Crippen LogP contribution in [-0.4, -0.2) is 47.0 Å². The topological polar surface area (TPSA) is 32.3 Å². The second-order valence-electron chi connectivity index (χ2n) is 6.37. The number of likely N-dealkylation sites (tertiary alicyclic amines) is 1. The molecule has 2 fully saturated rings. The summed E-state index contributed by atoms with van der Waals surface area (Å²) < 4.78 is 0.343. The number of hydrogen-bond acceptors (Lipinski definition) is 3. The Labute approximate surface area is 121 Å². The standard InChI is InChI=1S/C15H28N2OS/c1-12(2)16-13-7-6-10-17(14(13)18)11-15(19-3)8-4-5-9-15/h12-13,16H,4-11H2,1-3H3. The van der Waals surface area contributed by atoms with Crippen LogP contribution in [0.1, 0.15) is 52.4 Å². The van der Waals surface area contributed by atoms with Crippen molar-refractivity contribution in [3.63, 3.8) is 0 Å². The second kappa shape index (κ2) is 6.49. The molecule has 1 unspecified atom stereocenters. The smallest absolute Gasteiger partial charge is 0.239 e. The summed E-state index contributed by atoms with van der Waals surface area (Å²) >= 11 is 1.98. The van der Waals surface area contributed by atoms with Crippen molar-refractivity contribution in [2.45, 2.75) is 69.2 Å². The molecule has 1 aliphatic carbocycles. The zero-order valence-corrected chi connectivity index (χ0v) is 13.4. The number of hydrogen-bond donors (Lipinski definition) is 1. The second-order valence-corrected chi connectivity index (χ2v) is 7.64. The first-order valence-corrected chi connectivity index (χ1v) is 8.89. The summed E-state index contributed by atoms with van der Waals surface area (Å²) in [5, 5.41) is 3.42. The van der Waals surface area contributed by atoms with Crippen LogP contribution in [0, 0.1) is 0 Å². The maximum atomic E-state index is 12.6. The zero-order valence-electron chi connectivity index (χ0n) is 12.6. The predicted octanol–water partition coefficient (Wildman–Crippen LogP) is 2.65. The molecule has 19 heavy (non-hydrogen) atoms. The molecule has 0 aromatic carbocycles. The minimum Gasteiger partial charge on any atom is -0.340 e.